The van der Waals surface area contributed by atoms with Gasteiger partial charge in [-0.1, -0.05) is 19.1 Å². The average Bonchev–Trinajstić information content (AvgIpc) is 2.98. The van der Waals surface area contributed by atoms with Crippen LogP contribution >= 0.6 is 11.3 Å². The number of rotatable bonds is 8. The van der Waals surface area contributed by atoms with Gasteiger partial charge in [-0.3, -0.25) is 4.79 Å². The van der Waals surface area contributed by atoms with Crippen molar-refractivity contribution in [1.29, 1.82) is 0 Å². The molecule has 0 bridgehead atoms. The molecule has 0 aliphatic heterocycles. The first kappa shape index (κ1) is 18.5. The van der Waals surface area contributed by atoms with Crippen molar-refractivity contribution in [1.82, 2.24) is 14.8 Å². The van der Waals surface area contributed by atoms with E-state index >= 15 is 0 Å². The lowest BCUT2D eigenvalue weighted by molar-refractivity contribution is -0.131. The topological polar surface area (TPSA) is 36.4 Å². The maximum atomic E-state index is 13.4. The standard InChI is InChI=1S/C18H24FN3OS/c1-4-17-20-16(13-24-17)11-18(23)22(9-8-21(2)3)12-14-6-5-7-15(19)10-14/h5-7,10,13H,4,8-9,11-12H2,1-3H3. The molecule has 6 heteroatoms. The smallest absolute Gasteiger partial charge is 0.228 e. The Balaban J connectivity index is 2.07. The zero-order valence-electron chi connectivity index (χ0n) is 14.5. The molecule has 0 spiro atoms. The quantitative estimate of drug-likeness (QED) is 0.735. The molecule has 0 atom stereocenters. The molecule has 1 aromatic carbocycles. The highest BCUT2D eigenvalue weighted by Crippen LogP contribution is 2.13. The number of halogens is 1. The van der Waals surface area contributed by atoms with Crippen molar-refractivity contribution in [3.8, 4) is 0 Å². The summed E-state index contributed by atoms with van der Waals surface area (Å²) < 4.78 is 13.4. The highest BCUT2D eigenvalue weighted by molar-refractivity contribution is 7.09. The molecular formula is C18H24FN3OS. The van der Waals surface area contributed by atoms with Crippen molar-refractivity contribution in [3.63, 3.8) is 0 Å². The summed E-state index contributed by atoms with van der Waals surface area (Å²) in [5.41, 5.74) is 1.62. The molecule has 0 fully saturated rings. The van der Waals surface area contributed by atoms with Crippen LogP contribution in [0.2, 0.25) is 0 Å². The molecule has 0 aliphatic rings. The van der Waals surface area contributed by atoms with Crippen LogP contribution in [0, 0.1) is 5.82 Å². The molecule has 2 rings (SSSR count). The van der Waals surface area contributed by atoms with Gasteiger partial charge >= 0.3 is 0 Å². The van der Waals surface area contributed by atoms with Gasteiger partial charge in [0.05, 0.1) is 17.1 Å². The molecule has 0 aliphatic carbocycles. The Kier molecular flexibility index (Phi) is 6.87. The number of likely N-dealkylation sites (N-methyl/N-ethyl adjacent to an activating group) is 1. The number of nitrogens with zero attached hydrogens (tertiary/aromatic N) is 3. The summed E-state index contributed by atoms with van der Waals surface area (Å²) >= 11 is 1.59. The molecule has 130 valence electrons. The van der Waals surface area contributed by atoms with Crippen LogP contribution in [0.3, 0.4) is 0 Å². The molecule has 0 radical (unpaired) electrons. The van der Waals surface area contributed by atoms with Gasteiger partial charge in [-0.25, -0.2) is 9.37 Å². The lowest BCUT2D eigenvalue weighted by Crippen LogP contribution is -2.37. The summed E-state index contributed by atoms with van der Waals surface area (Å²) in [4.78, 5) is 21.0. The molecule has 24 heavy (non-hydrogen) atoms. The largest absolute Gasteiger partial charge is 0.337 e. The average molecular weight is 349 g/mol. The van der Waals surface area contributed by atoms with E-state index < -0.39 is 0 Å². The molecule has 1 aromatic heterocycles. The SMILES string of the molecule is CCc1nc(CC(=O)N(CCN(C)C)Cc2cccc(F)c2)cs1. The van der Waals surface area contributed by atoms with Crippen LogP contribution in [-0.4, -0.2) is 47.9 Å². The summed E-state index contributed by atoms with van der Waals surface area (Å²) in [6, 6.07) is 6.41. The second-order valence-electron chi connectivity index (χ2n) is 6.01. The first-order valence-corrected chi connectivity index (χ1v) is 8.96. The number of carbonyl (C=O) groups excluding carboxylic acids is 1. The highest BCUT2D eigenvalue weighted by atomic mass is 32.1. The highest BCUT2D eigenvalue weighted by Gasteiger charge is 2.16. The van der Waals surface area contributed by atoms with Crippen molar-refractivity contribution >= 4 is 17.2 Å². The predicted molar refractivity (Wildman–Crippen MR) is 95.6 cm³/mol. The molecule has 0 saturated carbocycles. The van der Waals surface area contributed by atoms with Gasteiger partial charge in [0.1, 0.15) is 5.82 Å². The van der Waals surface area contributed by atoms with Gasteiger partial charge < -0.3 is 9.80 Å². The summed E-state index contributed by atoms with van der Waals surface area (Å²) in [5, 5.41) is 2.99. The van der Waals surface area contributed by atoms with Gasteiger partial charge in [-0.2, -0.15) is 0 Å². The molecule has 0 saturated heterocycles. The van der Waals surface area contributed by atoms with Gasteiger partial charge in [0, 0.05) is 25.0 Å². The second-order valence-corrected chi connectivity index (χ2v) is 6.95. The first-order chi connectivity index (χ1) is 11.5. The minimum atomic E-state index is -0.278. The van der Waals surface area contributed by atoms with E-state index in [1.165, 1.54) is 12.1 Å². The molecular weight excluding hydrogens is 325 g/mol. The van der Waals surface area contributed by atoms with Crippen LogP contribution in [-0.2, 0) is 24.2 Å². The van der Waals surface area contributed by atoms with Crippen LogP contribution < -0.4 is 0 Å². The Hall–Kier alpha value is -1.79. The van der Waals surface area contributed by atoms with Crippen molar-refractivity contribution in [2.24, 2.45) is 0 Å². The second kappa shape index (κ2) is 8.89. The Morgan fingerprint density at radius 2 is 2.08 bits per heavy atom. The van der Waals surface area contributed by atoms with E-state index in [4.69, 9.17) is 0 Å². The third kappa shape index (κ3) is 5.69. The third-order valence-electron chi connectivity index (χ3n) is 3.67. The van der Waals surface area contributed by atoms with Crippen LogP contribution in [0.25, 0.3) is 0 Å². The Bertz CT molecular complexity index is 672. The van der Waals surface area contributed by atoms with Crippen molar-refractivity contribution in [2.75, 3.05) is 27.2 Å². The minimum Gasteiger partial charge on any atom is -0.337 e. The predicted octanol–water partition coefficient (Wildman–Crippen LogP) is 2.98. The van der Waals surface area contributed by atoms with E-state index in [1.54, 1.807) is 22.3 Å². The van der Waals surface area contributed by atoms with Gasteiger partial charge in [0.2, 0.25) is 5.91 Å². The normalized spacial score (nSPS) is 11.0. The lowest BCUT2D eigenvalue weighted by atomic mass is 10.2. The molecule has 4 nitrogen and oxygen atoms in total. The maximum Gasteiger partial charge on any atom is 0.228 e. The Morgan fingerprint density at radius 1 is 1.29 bits per heavy atom. The lowest BCUT2D eigenvalue weighted by Gasteiger charge is -2.24. The number of thiazole rings is 1. The molecule has 1 heterocycles. The van der Waals surface area contributed by atoms with E-state index in [9.17, 15) is 9.18 Å². The number of benzene rings is 1. The molecule has 2 aromatic rings. The van der Waals surface area contributed by atoms with E-state index in [0.717, 1.165) is 29.2 Å². The molecule has 0 N–H and O–H groups in total. The van der Waals surface area contributed by atoms with Gasteiger partial charge in [0.25, 0.3) is 0 Å². The van der Waals surface area contributed by atoms with Crippen LogP contribution in [0.4, 0.5) is 4.39 Å². The minimum absolute atomic E-state index is 0.0223. The number of hydrogen-bond acceptors (Lipinski definition) is 4. The number of amides is 1. The van der Waals surface area contributed by atoms with E-state index in [-0.39, 0.29) is 11.7 Å². The fourth-order valence-corrected chi connectivity index (χ4v) is 3.07. The van der Waals surface area contributed by atoms with Crippen LogP contribution in [0.5, 0.6) is 0 Å². The third-order valence-corrected chi connectivity index (χ3v) is 4.71. The van der Waals surface area contributed by atoms with Crippen molar-refractivity contribution in [2.45, 2.75) is 26.3 Å². The molecule has 1 amide bonds. The fourth-order valence-electron chi connectivity index (χ4n) is 2.33. The summed E-state index contributed by atoms with van der Waals surface area (Å²) in [7, 11) is 3.94. The van der Waals surface area contributed by atoms with Crippen LogP contribution in [0.1, 0.15) is 23.2 Å². The van der Waals surface area contributed by atoms with Gasteiger partial charge in [-0.15, -0.1) is 11.3 Å². The number of aromatic nitrogens is 1. The van der Waals surface area contributed by atoms with Gasteiger partial charge in [-0.05, 0) is 38.2 Å². The van der Waals surface area contributed by atoms with E-state index in [2.05, 4.69) is 11.9 Å². The fraction of sp³-hybridized carbons (Fsp3) is 0.444. The Morgan fingerprint density at radius 3 is 2.71 bits per heavy atom. The van der Waals surface area contributed by atoms with Crippen molar-refractivity contribution in [3.05, 3.63) is 51.7 Å². The summed E-state index contributed by atoms with van der Waals surface area (Å²) in [6.45, 7) is 3.83. The van der Waals surface area contributed by atoms with Gasteiger partial charge in [0.15, 0.2) is 0 Å². The maximum absolute atomic E-state index is 13.4. The monoisotopic (exact) mass is 349 g/mol. The zero-order chi connectivity index (χ0) is 17.5. The zero-order valence-corrected chi connectivity index (χ0v) is 15.3. The Labute approximate surface area is 146 Å². The first-order valence-electron chi connectivity index (χ1n) is 8.08. The number of carbonyl (C=O) groups is 1. The summed E-state index contributed by atoms with van der Waals surface area (Å²) in [5.74, 6) is -0.256. The van der Waals surface area contributed by atoms with E-state index in [0.29, 0.717) is 19.5 Å². The number of hydrogen-bond donors (Lipinski definition) is 0. The molecule has 0 unspecified atom stereocenters. The van der Waals surface area contributed by atoms with Crippen molar-refractivity contribution < 1.29 is 9.18 Å². The van der Waals surface area contributed by atoms with E-state index in [1.807, 2.05) is 30.4 Å². The number of aryl methyl sites for hydroxylation is 1. The summed E-state index contributed by atoms with van der Waals surface area (Å²) in [6.07, 6.45) is 1.17. The van der Waals surface area contributed by atoms with Crippen LogP contribution in [0.15, 0.2) is 29.6 Å².